The first-order valence-corrected chi connectivity index (χ1v) is 6.49. The van der Waals surface area contributed by atoms with Crippen molar-refractivity contribution in [2.24, 2.45) is 0 Å². The van der Waals surface area contributed by atoms with Crippen molar-refractivity contribution < 1.29 is 0 Å². The predicted octanol–water partition coefficient (Wildman–Crippen LogP) is 3.44. The van der Waals surface area contributed by atoms with Crippen LogP contribution in [0.3, 0.4) is 0 Å². The lowest BCUT2D eigenvalue weighted by Crippen LogP contribution is -2.38. The van der Waals surface area contributed by atoms with E-state index in [1.54, 1.807) is 0 Å². The highest BCUT2D eigenvalue weighted by molar-refractivity contribution is 5.57. The highest BCUT2D eigenvalue weighted by Crippen LogP contribution is 2.30. The van der Waals surface area contributed by atoms with Crippen molar-refractivity contribution in [2.45, 2.75) is 45.6 Å². The molecule has 0 aromatic heterocycles. The normalized spacial score (nSPS) is 16.2. The Hall–Kier alpha value is -1.49. The van der Waals surface area contributed by atoms with Crippen molar-refractivity contribution in [3.8, 4) is 6.07 Å². The Balaban J connectivity index is 2.31. The van der Waals surface area contributed by atoms with Crippen LogP contribution in [-0.4, -0.2) is 12.6 Å². The summed E-state index contributed by atoms with van der Waals surface area (Å²) in [6.45, 7) is 5.41. The summed E-state index contributed by atoms with van der Waals surface area (Å²) in [4.78, 5) is 2.43. The van der Waals surface area contributed by atoms with E-state index in [9.17, 15) is 0 Å². The zero-order valence-electron chi connectivity index (χ0n) is 10.7. The molecule has 1 aromatic rings. The number of nitriles is 1. The average molecular weight is 228 g/mol. The number of fused-ring (bicyclic) bond motifs is 1. The van der Waals surface area contributed by atoms with Crippen LogP contribution < -0.4 is 4.90 Å². The van der Waals surface area contributed by atoms with E-state index in [-0.39, 0.29) is 0 Å². The highest BCUT2D eigenvalue weighted by atomic mass is 15.2. The third-order valence-electron chi connectivity index (χ3n) is 3.63. The van der Waals surface area contributed by atoms with E-state index in [0.717, 1.165) is 13.0 Å². The maximum Gasteiger partial charge on any atom is 0.0643 e. The molecule has 1 aromatic carbocycles. The van der Waals surface area contributed by atoms with Crippen LogP contribution in [0.5, 0.6) is 0 Å². The Bertz CT molecular complexity index is 431. The maximum absolute atomic E-state index is 8.91. The van der Waals surface area contributed by atoms with E-state index in [4.69, 9.17) is 5.26 Å². The zero-order chi connectivity index (χ0) is 12.3. The second-order valence-corrected chi connectivity index (χ2v) is 4.85. The molecule has 0 fully saturated rings. The van der Waals surface area contributed by atoms with Crippen LogP contribution in [0.15, 0.2) is 18.2 Å². The van der Waals surface area contributed by atoms with Crippen molar-refractivity contribution in [1.82, 2.24) is 0 Å². The van der Waals surface area contributed by atoms with Gasteiger partial charge in [0.2, 0.25) is 0 Å². The van der Waals surface area contributed by atoms with Crippen LogP contribution in [0.25, 0.3) is 0 Å². The monoisotopic (exact) mass is 228 g/mol. The van der Waals surface area contributed by atoms with Crippen LogP contribution >= 0.6 is 0 Å². The topological polar surface area (TPSA) is 27.0 Å². The van der Waals surface area contributed by atoms with E-state index in [2.05, 4.69) is 43.0 Å². The van der Waals surface area contributed by atoms with Crippen molar-refractivity contribution >= 4 is 5.69 Å². The number of anilines is 1. The highest BCUT2D eigenvalue weighted by Gasteiger charge is 2.22. The summed E-state index contributed by atoms with van der Waals surface area (Å²) < 4.78 is 0. The number of nitrogens with zero attached hydrogens (tertiary/aromatic N) is 2. The van der Waals surface area contributed by atoms with Gasteiger partial charge in [-0.1, -0.05) is 24.6 Å². The molecule has 2 rings (SSSR count). The Morgan fingerprint density at radius 3 is 3.00 bits per heavy atom. The summed E-state index contributed by atoms with van der Waals surface area (Å²) in [7, 11) is 0. The minimum absolute atomic E-state index is 0.377. The van der Waals surface area contributed by atoms with E-state index in [1.807, 2.05) is 0 Å². The molecule has 0 radical (unpaired) electrons. The molecule has 0 bridgehead atoms. The average Bonchev–Trinajstić information content (AvgIpc) is 2.35. The van der Waals surface area contributed by atoms with Crippen LogP contribution in [0, 0.1) is 18.3 Å². The van der Waals surface area contributed by atoms with Crippen LogP contribution in [-0.2, 0) is 6.42 Å². The van der Waals surface area contributed by atoms with Crippen molar-refractivity contribution in [3.63, 3.8) is 0 Å². The molecule has 0 N–H and O–H groups in total. The van der Waals surface area contributed by atoms with Gasteiger partial charge in [0, 0.05) is 18.3 Å². The molecular weight excluding hydrogens is 208 g/mol. The first kappa shape index (κ1) is 12.0. The lowest BCUT2D eigenvalue weighted by atomic mass is 9.97. The fourth-order valence-corrected chi connectivity index (χ4v) is 2.71. The molecule has 1 aliphatic heterocycles. The molecule has 1 atom stereocenters. The summed E-state index contributed by atoms with van der Waals surface area (Å²) in [6.07, 6.45) is 4.06. The quantitative estimate of drug-likeness (QED) is 0.792. The predicted molar refractivity (Wildman–Crippen MR) is 71.2 cm³/mol. The Kier molecular flexibility index (Phi) is 3.68. The van der Waals surface area contributed by atoms with Gasteiger partial charge in [0.1, 0.15) is 0 Å². The molecule has 0 amide bonds. The zero-order valence-corrected chi connectivity index (χ0v) is 10.7. The number of benzene rings is 1. The number of hydrogen-bond donors (Lipinski definition) is 0. The lowest BCUT2D eigenvalue weighted by Gasteiger charge is -2.37. The maximum atomic E-state index is 8.91. The molecule has 2 nitrogen and oxygen atoms in total. The van der Waals surface area contributed by atoms with Gasteiger partial charge in [-0.2, -0.15) is 5.26 Å². The lowest BCUT2D eigenvalue weighted by molar-refractivity contribution is 0.553. The van der Waals surface area contributed by atoms with Gasteiger partial charge >= 0.3 is 0 Å². The second-order valence-electron chi connectivity index (χ2n) is 4.85. The van der Waals surface area contributed by atoms with Crippen molar-refractivity contribution in [1.29, 1.82) is 5.26 Å². The van der Waals surface area contributed by atoms with E-state index in [1.165, 1.54) is 29.7 Å². The van der Waals surface area contributed by atoms with Crippen LogP contribution in [0.1, 0.15) is 37.3 Å². The van der Waals surface area contributed by atoms with Gasteiger partial charge in [-0.05, 0) is 37.8 Å². The van der Waals surface area contributed by atoms with Gasteiger partial charge in [-0.3, -0.25) is 0 Å². The van der Waals surface area contributed by atoms with Gasteiger partial charge in [0.15, 0.2) is 0 Å². The summed E-state index contributed by atoms with van der Waals surface area (Å²) >= 11 is 0. The van der Waals surface area contributed by atoms with Crippen LogP contribution in [0.2, 0.25) is 0 Å². The number of hydrogen-bond acceptors (Lipinski definition) is 2. The minimum atomic E-state index is 0.377. The summed E-state index contributed by atoms with van der Waals surface area (Å²) in [5.74, 6) is 0. The first-order valence-electron chi connectivity index (χ1n) is 6.49. The summed E-state index contributed by atoms with van der Waals surface area (Å²) in [6, 6.07) is 9.39. The third kappa shape index (κ3) is 2.44. The molecule has 1 unspecified atom stereocenters. The molecule has 0 spiro atoms. The Morgan fingerprint density at radius 2 is 2.29 bits per heavy atom. The first-order chi connectivity index (χ1) is 8.26. The van der Waals surface area contributed by atoms with Gasteiger partial charge in [-0.15, -0.1) is 0 Å². The number of aryl methyl sites for hydroxylation is 2. The largest absolute Gasteiger partial charge is 0.367 e. The van der Waals surface area contributed by atoms with Crippen molar-refractivity contribution in [2.75, 3.05) is 11.4 Å². The fraction of sp³-hybridized carbons (Fsp3) is 0.533. The van der Waals surface area contributed by atoms with Gasteiger partial charge in [0.25, 0.3) is 0 Å². The smallest absolute Gasteiger partial charge is 0.0643 e. The Morgan fingerprint density at radius 1 is 1.47 bits per heavy atom. The second kappa shape index (κ2) is 5.23. The summed E-state index contributed by atoms with van der Waals surface area (Å²) in [5, 5.41) is 8.91. The Labute approximate surface area is 104 Å². The molecule has 0 saturated heterocycles. The van der Waals surface area contributed by atoms with Gasteiger partial charge in [-0.25, -0.2) is 0 Å². The third-order valence-corrected chi connectivity index (χ3v) is 3.63. The summed E-state index contributed by atoms with van der Waals surface area (Å²) in [5.41, 5.74) is 4.13. The molecule has 2 heteroatoms. The molecule has 90 valence electrons. The van der Waals surface area contributed by atoms with E-state index in [0.29, 0.717) is 12.5 Å². The number of rotatable bonds is 3. The molecular formula is C15H20N2. The molecule has 0 saturated carbocycles. The standard InChI is InChI=1S/C15H20N2/c1-3-14(8-9-16)17-10-4-5-13-11-12(2)6-7-15(13)17/h6-7,11,14H,3-5,8,10H2,1-2H3. The van der Waals surface area contributed by atoms with E-state index >= 15 is 0 Å². The van der Waals surface area contributed by atoms with Crippen molar-refractivity contribution in [3.05, 3.63) is 29.3 Å². The van der Waals surface area contributed by atoms with Crippen LogP contribution in [0.4, 0.5) is 5.69 Å². The minimum Gasteiger partial charge on any atom is -0.367 e. The SMILES string of the molecule is CCC(CC#N)N1CCCc2cc(C)ccc21. The fourth-order valence-electron chi connectivity index (χ4n) is 2.71. The van der Waals surface area contributed by atoms with E-state index < -0.39 is 0 Å². The molecule has 17 heavy (non-hydrogen) atoms. The molecule has 0 aliphatic carbocycles. The van der Waals surface area contributed by atoms with Gasteiger partial charge in [0.05, 0.1) is 12.5 Å². The molecule has 1 aliphatic rings. The molecule has 1 heterocycles. The van der Waals surface area contributed by atoms with Gasteiger partial charge < -0.3 is 4.90 Å².